The quantitative estimate of drug-likeness (QED) is 0.181. The monoisotopic (exact) mass is 612 g/mol. The molecule has 1 heteroatoms. The molecule has 226 valence electrons. The maximum Gasteiger partial charge on any atom is 0.139 e. The van der Waals surface area contributed by atoms with E-state index in [1.54, 1.807) is 0 Å². The van der Waals surface area contributed by atoms with Crippen LogP contribution in [0.25, 0.3) is 88.0 Å². The highest BCUT2D eigenvalue weighted by molar-refractivity contribution is 6.23. The summed E-state index contributed by atoms with van der Waals surface area (Å²) >= 11 is 0. The summed E-state index contributed by atoms with van der Waals surface area (Å²) in [6, 6.07) is 57.6. The topological polar surface area (TPSA) is 13.1 Å². The molecule has 0 fully saturated rings. The van der Waals surface area contributed by atoms with Crippen LogP contribution in [0.15, 0.2) is 162 Å². The summed E-state index contributed by atoms with van der Waals surface area (Å²) in [6.45, 7) is 4.73. The first-order chi connectivity index (χ1) is 23.6. The summed E-state index contributed by atoms with van der Waals surface area (Å²) in [7, 11) is 0. The molecule has 0 aliphatic heterocycles. The molecule has 0 atom stereocenters. The highest BCUT2D eigenvalue weighted by atomic mass is 16.3. The van der Waals surface area contributed by atoms with Crippen LogP contribution in [-0.4, -0.2) is 0 Å². The van der Waals surface area contributed by atoms with Crippen LogP contribution in [-0.2, 0) is 5.41 Å². The van der Waals surface area contributed by atoms with Gasteiger partial charge in [-0.15, -0.1) is 0 Å². The zero-order valence-corrected chi connectivity index (χ0v) is 26.9. The fourth-order valence-corrected chi connectivity index (χ4v) is 8.62. The smallest absolute Gasteiger partial charge is 0.139 e. The zero-order chi connectivity index (χ0) is 32.0. The van der Waals surface area contributed by atoms with E-state index in [9.17, 15) is 0 Å². The molecule has 0 N–H and O–H groups in total. The normalized spacial score (nSPS) is 13.4. The van der Waals surface area contributed by atoms with Crippen molar-refractivity contribution in [3.05, 3.63) is 169 Å². The summed E-state index contributed by atoms with van der Waals surface area (Å²) in [5, 5.41) is 8.75. The van der Waals surface area contributed by atoms with Crippen LogP contribution in [0.5, 0.6) is 0 Å². The van der Waals surface area contributed by atoms with Crippen molar-refractivity contribution in [3.63, 3.8) is 0 Å². The fourth-order valence-electron chi connectivity index (χ4n) is 8.62. The molecule has 1 aromatic heterocycles. The fraction of sp³-hybridized carbons (Fsp3) is 0.0638. The Bertz CT molecular complexity index is 2700. The van der Waals surface area contributed by atoms with Crippen LogP contribution < -0.4 is 0 Å². The van der Waals surface area contributed by atoms with Crippen LogP contribution >= 0.6 is 0 Å². The van der Waals surface area contributed by atoms with Crippen LogP contribution in [0.1, 0.15) is 25.0 Å². The Balaban J connectivity index is 1.28. The third kappa shape index (κ3) is 3.73. The van der Waals surface area contributed by atoms with Gasteiger partial charge in [0.15, 0.2) is 0 Å². The van der Waals surface area contributed by atoms with Gasteiger partial charge < -0.3 is 4.42 Å². The molecule has 1 nitrogen and oxygen atoms in total. The molecule has 48 heavy (non-hydrogen) atoms. The van der Waals surface area contributed by atoms with E-state index in [1.165, 1.54) is 87.8 Å². The second-order valence-electron chi connectivity index (χ2n) is 13.6. The van der Waals surface area contributed by atoms with Crippen molar-refractivity contribution >= 4 is 43.3 Å². The van der Waals surface area contributed by atoms with Crippen molar-refractivity contribution in [1.29, 1.82) is 0 Å². The molecule has 1 heterocycles. The Morgan fingerprint density at radius 2 is 0.917 bits per heavy atom. The molecule has 9 aromatic rings. The van der Waals surface area contributed by atoms with E-state index in [2.05, 4.69) is 172 Å². The molecule has 0 saturated carbocycles. The standard InChI is InChI=1S/C47H32O/c1-47(2)44-39(23-13-24-40(44)46-45(47)38-22-11-12-25-41(38)48-46)43-36-20-9-7-18-34(36)42(35-19-8-10-21-37(35)43)33-17-6-5-16-32(33)31-27-26-29-14-3-4-15-30(29)28-31/h3-28H,1-2H3. The van der Waals surface area contributed by atoms with Gasteiger partial charge in [0, 0.05) is 21.9 Å². The molecule has 0 saturated heterocycles. The minimum atomic E-state index is -0.239. The second-order valence-corrected chi connectivity index (χ2v) is 13.6. The third-order valence-electron chi connectivity index (χ3n) is 10.6. The number of benzene rings is 8. The van der Waals surface area contributed by atoms with E-state index < -0.39 is 0 Å². The predicted molar refractivity (Wildman–Crippen MR) is 203 cm³/mol. The number of furan rings is 1. The van der Waals surface area contributed by atoms with E-state index >= 15 is 0 Å². The highest BCUT2D eigenvalue weighted by Crippen LogP contribution is 2.57. The zero-order valence-electron chi connectivity index (χ0n) is 26.9. The predicted octanol–water partition coefficient (Wildman–Crippen LogP) is 13.2. The number of hydrogen-bond donors (Lipinski definition) is 0. The van der Waals surface area contributed by atoms with Crippen LogP contribution in [0.2, 0.25) is 0 Å². The van der Waals surface area contributed by atoms with Gasteiger partial charge in [-0.3, -0.25) is 0 Å². The first-order valence-electron chi connectivity index (χ1n) is 16.8. The molecule has 1 aliphatic carbocycles. The number of para-hydroxylation sites is 1. The van der Waals surface area contributed by atoms with Crippen molar-refractivity contribution in [3.8, 4) is 44.7 Å². The lowest BCUT2D eigenvalue weighted by atomic mass is 9.76. The summed E-state index contributed by atoms with van der Waals surface area (Å²) in [5.74, 6) is 1.01. The van der Waals surface area contributed by atoms with E-state index in [0.29, 0.717) is 0 Å². The Morgan fingerprint density at radius 3 is 1.62 bits per heavy atom. The second kappa shape index (κ2) is 10.0. The van der Waals surface area contributed by atoms with Gasteiger partial charge in [0.25, 0.3) is 0 Å². The summed E-state index contributed by atoms with van der Waals surface area (Å²) in [5.41, 5.74) is 12.1. The van der Waals surface area contributed by atoms with E-state index in [4.69, 9.17) is 4.42 Å². The average Bonchev–Trinajstić information content (AvgIpc) is 3.64. The van der Waals surface area contributed by atoms with E-state index in [-0.39, 0.29) is 5.41 Å². The summed E-state index contributed by atoms with van der Waals surface area (Å²) in [6.07, 6.45) is 0. The Labute approximate surface area is 279 Å². The summed E-state index contributed by atoms with van der Waals surface area (Å²) < 4.78 is 6.60. The van der Waals surface area contributed by atoms with Gasteiger partial charge in [-0.2, -0.15) is 0 Å². The Hall–Kier alpha value is -5.92. The minimum absolute atomic E-state index is 0.239. The highest BCUT2D eigenvalue weighted by Gasteiger charge is 2.42. The lowest BCUT2D eigenvalue weighted by Crippen LogP contribution is -2.16. The van der Waals surface area contributed by atoms with Crippen LogP contribution in [0.3, 0.4) is 0 Å². The molecule has 0 spiro atoms. The number of fused-ring (bicyclic) bond motifs is 8. The maximum absolute atomic E-state index is 6.60. The average molecular weight is 613 g/mol. The van der Waals surface area contributed by atoms with Crippen molar-refractivity contribution in [1.82, 2.24) is 0 Å². The first-order valence-corrected chi connectivity index (χ1v) is 16.8. The first kappa shape index (κ1) is 27.2. The lowest BCUT2D eigenvalue weighted by Gasteiger charge is -2.26. The van der Waals surface area contributed by atoms with Gasteiger partial charge in [-0.05, 0) is 83.4 Å². The molecule has 10 rings (SSSR count). The van der Waals surface area contributed by atoms with Gasteiger partial charge in [-0.1, -0.05) is 159 Å². The van der Waals surface area contributed by atoms with Crippen molar-refractivity contribution in [2.24, 2.45) is 0 Å². The molecule has 1 aliphatic rings. The van der Waals surface area contributed by atoms with Gasteiger partial charge in [0.1, 0.15) is 11.3 Å². The molecule has 0 radical (unpaired) electrons. The largest absolute Gasteiger partial charge is 0.456 e. The third-order valence-corrected chi connectivity index (χ3v) is 10.6. The van der Waals surface area contributed by atoms with Gasteiger partial charge >= 0.3 is 0 Å². The van der Waals surface area contributed by atoms with Crippen LogP contribution in [0.4, 0.5) is 0 Å². The van der Waals surface area contributed by atoms with Crippen molar-refractivity contribution in [2.75, 3.05) is 0 Å². The SMILES string of the molecule is CC1(C)c2c(cccc2-c2c3ccccc3c(-c3ccccc3-c3ccc4ccccc4c3)c3ccccc23)-c2oc3ccccc3c21. The Kier molecular flexibility index (Phi) is 5.69. The lowest BCUT2D eigenvalue weighted by molar-refractivity contribution is 0.619. The molecule has 0 amide bonds. The minimum Gasteiger partial charge on any atom is -0.456 e. The van der Waals surface area contributed by atoms with Gasteiger partial charge in [0.2, 0.25) is 0 Å². The molecule has 0 unspecified atom stereocenters. The molecular weight excluding hydrogens is 581 g/mol. The van der Waals surface area contributed by atoms with Gasteiger partial charge in [0.05, 0.1) is 0 Å². The molecule has 8 aromatic carbocycles. The molecule has 0 bridgehead atoms. The van der Waals surface area contributed by atoms with Crippen molar-refractivity contribution in [2.45, 2.75) is 19.3 Å². The maximum atomic E-state index is 6.60. The van der Waals surface area contributed by atoms with E-state index in [0.717, 1.165) is 11.3 Å². The number of hydrogen-bond acceptors (Lipinski definition) is 1. The summed E-state index contributed by atoms with van der Waals surface area (Å²) in [4.78, 5) is 0. The molecular formula is C47H32O. The Morgan fingerprint density at radius 1 is 0.396 bits per heavy atom. The van der Waals surface area contributed by atoms with Crippen LogP contribution in [0, 0.1) is 0 Å². The number of rotatable bonds is 3. The van der Waals surface area contributed by atoms with Gasteiger partial charge in [-0.25, -0.2) is 0 Å². The van der Waals surface area contributed by atoms with Crippen molar-refractivity contribution < 1.29 is 4.42 Å². The van der Waals surface area contributed by atoms with E-state index in [1.807, 2.05) is 0 Å².